The Morgan fingerprint density at radius 2 is 1.85 bits per heavy atom. The number of rotatable bonds is 6. The number of anilines is 1. The SMILES string of the molecule is C[C@@H](Oc1nc(-c2ccn(C3CCN(C(=O)OC(C)(C)C)CC3)n2)cnc1N)c1cc(F)ccc1-n1nccn1. The smallest absolute Gasteiger partial charge is 0.410 e. The normalized spacial score (nSPS) is 15.2. The number of hydrogen-bond donors (Lipinski definition) is 1. The van der Waals surface area contributed by atoms with Crippen LogP contribution in [0.25, 0.3) is 17.1 Å². The average Bonchev–Trinajstić information content (AvgIpc) is 3.62. The molecule has 5 rings (SSSR count). The summed E-state index contributed by atoms with van der Waals surface area (Å²) in [5.74, 6) is -0.217. The second kappa shape index (κ2) is 10.9. The van der Waals surface area contributed by atoms with Gasteiger partial charge >= 0.3 is 6.09 Å². The summed E-state index contributed by atoms with van der Waals surface area (Å²) in [4.78, 5) is 24.3. The number of amides is 1. The minimum absolute atomic E-state index is 0.0970. The Kier molecular flexibility index (Phi) is 7.37. The predicted molar refractivity (Wildman–Crippen MR) is 144 cm³/mol. The lowest BCUT2D eigenvalue weighted by Gasteiger charge is -2.33. The number of aromatic nitrogens is 7. The number of piperidine rings is 1. The molecule has 1 amide bonds. The maximum absolute atomic E-state index is 14.1. The van der Waals surface area contributed by atoms with Gasteiger partial charge in [0, 0.05) is 24.8 Å². The highest BCUT2D eigenvalue weighted by atomic mass is 19.1. The lowest BCUT2D eigenvalue weighted by atomic mass is 10.1. The van der Waals surface area contributed by atoms with Gasteiger partial charge in [0.1, 0.15) is 28.9 Å². The number of halogens is 1. The van der Waals surface area contributed by atoms with Gasteiger partial charge in [-0.15, -0.1) is 0 Å². The van der Waals surface area contributed by atoms with Crippen LogP contribution in [0.5, 0.6) is 5.88 Å². The molecule has 1 aliphatic rings. The monoisotopic (exact) mass is 549 g/mol. The van der Waals surface area contributed by atoms with Crippen molar-refractivity contribution in [3.8, 4) is 23.0 Å². The first kappa shape index (κ1) is 27.0. The largest absolute Gasteiger partial charge is 0.467 e. The van der Waals surface area contributed by atoms with Crippen LogP contribution in [0.3, 0.4) is 0 Å². The van der Waals surface area contributed by atoms with Crippen LogP contribution in [0.15, 0.2) is 49.1 Å². The summed E-state index contributed by atoms with van der Waals surface area (Å²) in [5, 5.41) is 13.0. The minimum Gasteiger partial charge on any atom is -0.467 e. The van der Waals surface area contributed by atoms with E-state index in [9.17, 15) is 9.18 Å². The van der Waals surface area contributed by atoms with Crippen molar-refractivity contribution in [1.29, 1.82) is 0 Å². The lowest BCUT2D eigenvalue weighted by Crippen LogP contribution is -2.42. The Morgan fingerprint density at radius 3 is 2.55 bits per heavy atom. The number of carbonyl (C=O) groups excluding carboxylic acids is 1. The topological polar surface area (TPSA) is 139 Å². The van der Waals surface area contributed by atoms with Crippen molar-refractivity contribution in [2.75, 3.05) is 18.8 Å². The second-order valence-electron chi connectivity index (χ2n) is 10.6. The molecular formula is C27H32FN9O3. The van der Waals surface area contributed by atoms with E-state index >= 15 is 0 Å². The Labute approximate surface area is 230 Å². The third kappa shape index (κ3) is 6.03. The molecule has 1 aliphatic heterocycles. The van der Waals surface area contributed by atoms with E-state index in [0.29, 0.717) is 35.7 Å². The Balaban J connectivity index is 1.29. The fourth-order valence-corrected chi connectivity index (χ4v) is 4.51. The van der Waals surface area contributed by atoms with E-state index in [1.807, 2.05) is 37.7 Å². The van der Waals surface area contributed by atoms with Gasteiger partial charge in [0.25, 0.3) is 5.88 Å². The number of nitrogens with zero attached hydrogens (tertiary/aromatic N) is 8. The highest BCUT2D eigenvalue weighted by Gasteiger charge is 2.28. The number of benzene rings is 1. The van der Waals surface area contributed by atoms with Gasteiger partial charge < -0.3 is 20.1 Å². The Hall–Kier alpha value is -4.55. The van der Waals surface area contributed by atoms with E-state index in [1.165, 1.54) is 35.5 Å². The van der Waals surface area contributed by atoms with Gasteiger partial charge in [-0.05, 0) is 64.8 Å². The number of nitrogens with two attached hydrogens (primary N) is 1. The maximum Gasteiger partial charge on any atom is 0.410 e. The molecule has 0 aliphatic carbocycles. The van der Waals surface area contributed by atoms with Crippen LogP contribution < -0.4 is 10.5 Å². The molecule has 0 bridgehead atoms. The molecule has 0 saturated carbocycles. The summed E-state index contributed by atoms with van der Waals surface area (Å²) < 4.78 is 27.6. The molecule has 0 spiro atoms. The zero-order chi connectivity index (χ0) is 28.4. The van der Waals surface area contributed by atoms with Gasteiger partial charge in [0.15, 0.2) is 5.82 Å². The fraction of sp³-hybridized carbons (Fsp3) is 0.407. The third-order valence-corrected chi connectivity index (χ3v) is 6.48. The van der Waals surface area contributed by atoms with E-state index in [0.717, 1.165) is 12.8 Å². The summed E-state index contributed by atoms with van der Waals surface area (Å²) in [6.45, 7) is 8.51. The number of likely N-dealkylation sites (tertiary alicyclic amines) is 1. The maximum atomic E-state index is 14.1. The number of hydrogen-bond acceptors (Lipinski definition) is 9. The molecule has 0 unspecified atom stereocenters. The van der Waals surface area contributed by atoms with Gasteiger partial charge in [-0.25, -0.2) is 19.2 Å². The molecule has 4 heterocycles. The van der Waals surface area contributed by atoms with Gasteiger partial charge in [-0.3, -0.25) is 4.68 Å². The zero-order valence-corrected chi connectivity index (χ0v) is 22.9. The van der Waals surface area contributed by atoms with Crippen LogP contribution in [0.4, 0.5) is 15.0 Å². The highest BCUT2D eigenvalue weighted by Crippen LogP contribution is 2.30. The van der Waals surface area contributed by atoms with Crippen molar-refractivity contribution < 1.29 is 18.7 Å². The van der Waals surface area contributed by atoms with E-state index < -0.39 is 17.5 Å². The van der Waals surface area contributed by atoms with Crippen molar-refractivity contribution in [2.45, 2.75) is 58.3 Å². The first-order chi connectivity index (χ1) is 19.1. The van der Waals surface area contributed by atoms with Crippen molar-refractivity contribution in [3.05, 3.63) is 60.4 Å². The van der Waals surface area contributed by atoms with Crippen LogP contribution in [-0.4, -0.2) is 64.4 Å². The molecule has 12 nitrogen and oxygen atoms in total. The van der Waals surface area contributed by atoms with E-state index in [4.69, 9.17) is 20.3 Å². The van der Waals surface area contributed by atoms with Crippen molar-refractivity contribution >= 4 is 11.9 Å². The second-order valence-corrected chi connectivity index (χ2v) is 10.6. The third-order valence-electron chi connectivity index (χ3n) is 6.48. The number of nitrogen functional groups attached to an aromatic ring is 1. The first-order valence-corrected chi connectivity index (χ1v) is 13.1. The fourth-order valence-electron chi connectivity index (χ4n) is 4.51. The summed E-state index contributed by atoms with van der Waals surface area (Å²) in [6.07, 6.45) is 7.06. The van der Waals surface area contributed by atoms with Crippen molar-refractivity contribution in [2.24, 2.45) is 0 Å². The summed E-state index contributed by atoms with van der Waals surface area (Å²) in [6, 6.07) is 6.27. The van der Waals surface area contributed by atoms with Gasteiger partial charge in [0.05, 0.1) is 30.3 Å². The van der Waals surface area contributed by atoms with Gasteiger partial charge in [-0.1, -0.05) is 0 Å². The summed E-state index contributed by atoms with van der Waals surface area (Å²) in [7, 11) is 0. The van der Waals surface area contributed by atoms with Gasteiger partial charge in [0.2, 0.25) is 0 Å². The van der Waals surface area contributed by atoms with Crippen LogP contribution >= 0.6 is 0 Å². The molecule has 4 aromatic rings. The minimum atomic E-state index is -0.642. The average molecular weight is 550 g/mol. The molecule has 210 valence electrons. The van der Waals surface area contributed by atoms with Crippen molar-refractivity contribution in [3.63, 3.8) is 0 Å². The van der Waals surface area contributed by atoms with E-state index in [1.54, 1.807) is 17.9 Å². The first-order valence-electron chi connectivity index (χ1n) is 13.1. The molecule has 1 atom stereocenters. The van der Waals surface area contributed by atoms with Gasteiger partial charge in [-0.2, -0.15) is 20.1 Å². The molecule has 1 saturated heterocycles. The Morgan fingerprint density at radius 1 is 1.12 bits per heavy atom. The van der Waals surface area contributed by atoms with Crippen LogP contribution in [0, 0.1) is 5.82 Å². The number of ether oxygens (including phenoxy) is 2. The number of carbonyl (C=O) groups is 1. The highest BCUT2D eigenvalue weighted by molar-refractivity contribution is 5.68. The molecule has 2 N–H and O–H groups in total. The van der Waals surface area contributed by atoms with E-state index in [2.05, 4.69) is 20.2 Å². The molecule has 1 fully saturated rings. The Bertz CT molecular complexity index is 1470. The predicted octanol–water partition coefficient (Wildman–Crippen LogP) is 4.35. The van der Waals surface area contributed by atoms with E-state index in [-0.39, 0.29) is 23.8 Å². The molecule has 40 heavy (non-hydrogen) atoms. The summed E-state index contributed by atoms with van der Waals surface area (Å²) in [5.41, 5.74) is 7.73. The molecule has 13 heteroatoms. The molecule has 0 radical (unpaired) electrons. The quantitative estimate of drug-likeness (QED) is 0.372. The lowest BCUT2D eigenvalue weighted by molar-refractivity contribution is 0.0185. The summed E-state index contributed by atoms with van der Waals surface area (Å²) >= 11 is 0. The standard InChI is InChI=1S/C27H32FN9O3/c1-17(20-15-18(28)5-6-23(20)37-31-10-11-32-37)39-25-24(29)30-16-22(33-25)21-9-14-36(34-21)19-7-12-35(13-8-19)26(38)40-27(2,3)4/h5-6,9-11,14-17,19H,7-8,12-13H2,1-4H3,(H2,29,30)/t17-/m1/s1. The van der Waals surface area contributed by atoms with Crippen LogP contribution in [0.2, 0.25) is 0 Å². The zero-order valence-electron chi connectivity index (χ0n) is 22.9. The van der Waals surface area contributed by atoms with Crippen LogP contribution in [0.1, 0.15) is 58.2 Å². The van der Waals surface area contributed by atoms with Crippen LogP contribution in [-0.2, 0) is 4.74 Å². The molecular weight excluding hydrogens is 517 g/mol. The van der Waals surface area contributed by atoms with Crippen molar-refractivity contribution in [1.82, 2.24) is 39.6 Å². The molecule has 3 aromatic heterocycles. The molecule has 1 aromatic carbocycles.